The predicted octanol–water partition coefficient (Wildman–Crippen LogP) is 3.44. The van der Waals surface area contributed by atoms with Gasteiger partial charge >= 0.3 is 5.97 Å². The minimum Gasteiger partial charge on any atom is -0.461 e. The molecule has 0 spiro atoms. The van der Waals surface area contributed by atoms with Crippen molar-refractivity contribution in [3.8, 4) is 0 Å². The first-order valence-corrected chi connectivity index (χ1v) is 7.71. The Balaban J connectivity index is 2.31. The van der Waals surface area contributed by atoms with Crippen LogP contribution in [0.15, 0.2) is 41.0 Å². The molecule has 0 fully saturated rings. The topological polar surface area (TPSA) is 57.2 Å². The first-order valence-electron chi connectivity index (χ1n) is 6.92. The number of ether oxygens (including phenoxy) is 1. The Morgan fingerprint density at radius 2 is 2.18 bits per heavy atom. The SMILES string of the molecule is CCOC(=O)c1cccn1CC(C)(N)c1cc(Br)ccc1F. The second kappa shape index (κ2) is 6.62. The lowest BCUT2D eigenvalue weighted by atomic mass is 9.92. The summed E-state index contributed by atoms with van der Waals surface area (Å²) in [7, 11) is 0. The Morgan fingerprint density at radius 1 is 1.45 bits per heavy atom. The van der Waals surface area contributed by atoms with Gasteiger partial charge in [-0.25, -0.2) is 9.18 Å². The van der Waals surface area contributed by atoms with Crippen molar-refractivity contribution in [2.75, 3.05) is 6.61 Å². The Morgan fingerprint density at radius 3 is 2.86 bits per heavy atom. The highest BCUT2D eigenvalue weighted by Gasteiger charge is 2.27. The molecule has 0 aliphatic carbocycles. The van der Waals surface area contributed by atoms with Crippen molar-refractivity contribution in [2.24, 2.45) is 5.73 Å². The molecule has 0 bridgehead atoms. The molecule has 0 radical (unpaired) electrons. The summed E-state index contributed by atoms with van der Waals surface area (Å²) in [6.45, 7) is 4.02. The van der Waals surface area contributed by atoms with Gasteiger partial charge in [-0.05, 0) is 44.2 Å². The molecule has 6 heteroatoms. The monoisotopic (exact) mass is 368 g/mol. The van der Waals surface area contributed by atoms with Crippen LogP contribution in [0.3, 0.4) is 0 Å². The largest absolute Gasteiger partial charge is 0.461 e. The van der Waals surface area contributed by atoms with Crippen molar-refractivity contribution < 1.29 is 13.9 Å². The number of nitrogens with zero attached hydrogens (tertiary/aromatic N) is 1. The quantitative estimate of drug-likeness (QED) is 0.822. The van der Waals surface area contributed by atoms with Gasteiger partial charge in [0.1, 0.15) is 11.5 Å². The van der Waals surface area contributed by atoms with Crippen LogP contribution in [0.1, 0.15) is 29.9 Å². The Hall–Kier alpha value is -1.66. The summed E-state index contributed by atoms with van der Waals surface area (Å²) in [6.07, 6.45) is 1.73. The first-order chi connectivity index (χ1) is 10.3. The standard InChI is InChI=1S/C16H18BrFN2O2/c1-3-22-15(21)14-5-4-8-20(14)10-16(2,19)12-9-11(17)6-7-13(12)18/h4-9H,3,10,19H2,1-2H3. The molecule has 118 valence electrons. The number of halogens is 2. The van der Waals surface area contributed by atoms with Gasteiger partial charge in [-0.15, -0.1) is 0 Å². The van der Waals surface area contributed by atoms with E-state index in [0.717, 1.165) is 4.47 Å². The average Bonchev–Trinajstić information content (AvgIpc) is 2.89. The van der Waals surface area contributed by atoms with Crippen LogP contribution in [0, 0.1) is 5.82 Å². The van der Waals surface area contributed by atoms with Crippen LogP contribution < -0.4 is 5.73 Å². The fraction of sp³-hybridized carbons (Fsp3) is 0.312. The summed E-state index contributed by atoms with van der Waals surface area (Å²) in [5.74, 6) is -0.795. The fourth-order valence-corrected chi connectivity index (χ4v) is 2.68. The van der Waals surface area contributed by atoms with E-state index in [1.54, 1.807) is 48.9 Å². The lowest BCUT2D eigenvalue weighted by Gasteiger charge is -2.27. The molecular weight excluding hydrogens is 351 g/mol. The number of rotatable bonds is 5. The van der Waals surface area contributed by atoms with Crippen LogP contribution in [0.4, 0.5) is 4.39 Å². The maximum atomic E-state index is 14.1. The summed E-state index contributed by atoms with van der Waals surface area (Å²) < 4.78 is 21.5. The highest BCUT2D eigenvalue weighted by molar-refractivity contribution is 9.10. The molecule has 2 rings (SSSR count). The van der Waals surface area contributed by atoms with Gasteiger partial charge in [0.25, 0.3) is 0 Å². The summed E-state index contributed by atoms with van der Waals surface area (Å²) in [5, 5.41) is 0. The smallest absolute Gasteiger partial charge is 0.354 e. The van der Waals surface area contributed by atoms with Crippen LogP contribution >= 0.6 is 15.9 Å². The van der Waals surface area contributed by atoms with E-state index in [1.807, 2.05) is 0 Å². The third-order valence-corrected chi connectivity index (χ3v) is 3.85. The van der Waals surface area contributed by atoms with Gasteiger partial charge in [0.2, 0.25) is 0 Å². The Kier molecular flexibility index (Phi) is 5.03. The maximum absolute atomic E-state index is 14.1. The van der Waals surface area contributed by atoms with E-state index < -0.39 is 11.5 Å². The van der Waals surface area contributed by atoms with E-state index in [2.05, 4.69) is 15.9 Å². The molecule has 1 heterocycles. The Bertz CT molecular complexity index is 683. The molecule has 0 saturated heterocycles. The second-order valence-corrected chi connectivity index (χ2v) is 6.20. The highest BCUT2D eigenvalue weighted by atomic mass is 79.9. The zero-order valence-electron chi connectivity index (χ0n) is 12.5. The summed E-state index contributed by atoms with van der Waals surface area (Å²) in [5.41, 5.74) is 6.11. The minimum absolute atomic E-state index is 0.252. The van der Waals surface area contributed by atoms with Gasteiger partial charge in [-0.3, -0.25) is 0 Å². The van der Waals surface area contributed by atoms with Crippen LogP contribution in [0.5, 0.6) is 0 Å². The molecule has 0 saturated carbocycles. The fourth-order valence-electron chi connectivity index (χ4n) is 2.32. The molecule has 22 heavy (non-hydrogen) atoms. The molecule has 2 aromatic rings. The normalized spacial score (nSPS) is 13.7. The van der Waals surface area contributed by atoms with E-state index in [1.165, 1.54) is 6.07 Å². The third-order valence-electron chi connectivity index (χ3n) is 3.36. The average molecular weight is 369 g/mol. The molecule has 1 atom stereocenters. The number of aromatic nitrogens is 1. The minimum atomic E-state index is -0.978. The van der Waals surface area contributed by atoms with Crippen molar-refractivity contribution in [1.82, 2.24) is 4.57 Å². The van der Waals surface area contributed by atoms with Gasteiger partial charge in [-0.2, -0.15) is 0 Å². The van der Waals surface area contributed by atoms with E-state index in [-0.39, 0.29) is 12.4 Å². The second-order valence-electron chi connectivity index (χ2n) is 5.28. The molecule has 2 N–H and O–H groups in total. The summed E-state index contributed by atoms with van der Waals surface area (Å²) in [6, 6.07) is 8.04. The lowest BCUT2D eigenvalue weighted by molar-refractivity contribution is 0.0512. The molecule has 1 aromatic carbocycles. The number of carbonyl (C=O) groups excluding carboxylic acids is 1. The van der Waals surface area contributed by atoms with E-state index in [9.17, 15) is 9.18 Å². The van der Waals surface area contributed by atoms with Crippen LogP contribution in [-0.4, -0.2) is 17.1 Å². The van der Waals surface area contributed by atoms with Crippen molar-refractivity contribution in [2.45, 2.75) is 25.9 Å². The molecule has 4 nitrogen and oxygen atoms in total. The van der Waals surface area contributed by atoms with Crippen LogP contribution in [-0.2, 0) is 16.8 Å². The van der Waals surface area contributed by atoms with E-state index >= 15 is 0 Å². The molecule has 1 unspecified atom stereocenters. The molecular formula is C16H18BrFN2O2. The van der Waals surface area contributed by atoms with E-state index in [4.69, 9.17) is 10.5 Å². The van der Waals surface area contributed by atoms with Crippen LogP contribution in [0.2, 0.25) is 0 Å². The third kappa shape index (κ3) is 3.56. The number of benzene rings is 1. The van der Waals surface area contributed by atoms with Gasteiger partial charge in [-0.1, -0.05) is 15.9 Å². The molecule has 1 aromatic heterocycles. The maximum Gasteiger partial charge on any atom is 0.354 e. The van der Waals surface area contributed by atoms with Crippen molar-refractivity contribution in [3.05, 3.63) is 58.1 Å². The van der Waals surface area contributed by atoms with E-state index in [0.29, 0.717) is 17.9 Å². The van der Waals surface area contributed by atoms with Gasteiger partial charge in [0, 0.05) is 22.8 Å². The van der Waals surface area contributed by atoms with Gasteiger partial charge < -0.3 is 15.0 Å². The number of hydrogen-bond acceptors (Lipinski definition) is 3. The Labute approximate surface area is 137 Å². The van der Waals surface area contributed by atoms with Gasteiger partial charge in [0.05, 0.1) is 12.1 Å². The number of esters is 1. The zero-order chi connectivity index (χ0) is 16.3. The summed E-state index contributed by atoms with van der Waals surface area (Å²) >= 11 is 3.32. The predicted molar refractivity (Wildman–Crippen MR) is 86.0 cm³/mol. The van der Waals surface area contributed by atoms with Crippen molar-refractivity contribution in [1.29, 1.82) is 0 Å². The van der Waals surface area contributed by atoms with Gasteiger partial charge in [0.15, 0.2) is 0 Å². The van der Waals surface area contributed by atoms with Crippen molar-refractivity contribution in [3.63, 3.8) is 0 Å². The summed E-state index contributed by atoms with van der Waals surface area (Å²) in [4.78, 5) is 11.9. The first kappa shape index (κ1) is 16.7. The van der Waals surface area contributed by atoms with Crippen molar-refractivity contribution >= 4 is 21.9 Å². The highest BCUT2D eigenvalue weighted by Crippen LogP contribution is 2.27. The zero-order valence-corrected chi connectivity index (χ0v) is 14.1. The molecule has 0 aliphatic rings. The number of nitrogens with two attached hydrogens (primary N) is 1. The molecule has 0 amide bonds. The number of hydrogen-bond donors (Lipinski definition) is 1. The lowest BCUT2D eigenvalue weighted by Crippen LogP contribution is -2.39. The number of carbonyl (C=O) groups is 1. The molecule has 0 aliphatic heterocycles. The van der Waals surface area contributed by atoms with Crippen LogP contribution in [0.25, 0.3) is 0 Å².